The molecule has 90 valence electrons. The van der Waals surface area contributed by atoms with Crippen LogP contribution in [0.2, 0.25) is 0 Å². The number of aromatic nitrogens is 4. The van der Waals surface area contributed by atoms with Crippen molar-refractivity contribution in [3.63, 3.8) is 0 Å². The van der Waals surface area contributed by atoms with Gasteiger partial charge >= 0.3 is 0 Å². The maximum atomic E-state index is 13.1. The third-order valence-electron chi connectivity index (χ3n) is 2.65. The lowest BCUT2D eigenvalue weighted by atomic mass is 10.2. The number of benzene rings is 1. The van der Waals surface area contributed by atoms with Gasteiger partial charge in [-0.15, -0.1) is 0 Å². The van der Waals surface area contributed by atoms with Crippen LogP contribution in [0, 0.1) is 12.7 Å². The molecule has 0 aliphatic carbocycles. The predicted octanol–water partition coefficient (Wildman–Crippen LogP) is 2.05. The Morgan fingerprint density at radius 3 is 2.72 bits per heavy atom. The third-order valence-corrected chi connectivity index (χ3v) is 2.65. The Bertz CT molecular complexity index is 734. The van der Waals surface area contributed by atoms with Crippen molar-refractivity contribution in [2.75, 3.05) is 5.73 Å². The summed E-state index contributed by atoms with van der Waals surface area (Å²) in [6.45, 7) is 1.81. The molecule has 0 unspecified atom stereocenters. The largest absolute Gasteiger partial charge is 0.382 e. The molecular weight excluding hydrogens is 233 g/mol. The van der Waals surface area contributed by atoms with Gasteiger partial charge in [0.15, 0.2) is 0 Å². The van der Waals surface area contributed by atoms with Crippen LogP contribution < -0.4 is 5.73 Å². The number of anilines is 1. The van der Waals surface area contributed by atoms with Crippen LogP contribution in [0.1, 0.15) is 5.69 Å². The van der Waals surface area contributed by atoms with Crippen molar-refractivity contribution >= 4 is 16.9 Å². The molecule has 0 saturated carbocycles. The molecule has 0 bridgehead atoms. The fraction of sp³-hybridized carbons (Fsp3) is 0.0833. The average molecular weight is 243 g/mol. The number of nitrogens with two attached hydrogens (primary N) is 1. The maximum absolute atomic E-state index is 13.1. The van der Waals surface area contributed by atoms with Crippen LogP contribution in [0.25, 0.3) is 22.4 Å². The molecule has 18 heavy (non-hydrogen) atoms. The highest BCUT2D eigenvalue weighted by Crippen LogP contribution is 2.22. The molecule has 0 aliphatic heterocycles. The lowest BCUT2D eigenvalue weighted by Crippen LogP contribution is -1.95. The van der Waals surface area contributed by atoms with E-state index in [4.69, 9.17) is 5.73 Å². The standard InChI is InChI=1S/C12H10FN5/c1-6-12(10-5-11(14)18-17-10)16-8-3-2-7(13)4-9(8)15-6/h2-5H,1H3,(H3,14,17,18). The molecule has 2 aromatic heterocycles. The Morgan fingerprint density at radius 1 is 1.17 bits per heavy atom. The van der Waals surface area contributed by atoms with Gasteiger partial charge in [-0.2, -0.15) is 5.10 Å². The van der Waals surface area contributed by atoms with Gasteiger partial charge in [0.1, 0.15) is 17.3 Å². The quantitative estimate of drug-likeness (QED) is 0.685. The van der Waals surface area contributed by atoms with Crippen LogP contribution in [0.15, 0.2) is 24.3 Å². The van der Waals surface area contributed by atoms with E-state index in [1.807, 2.05) is 6.92 Å². The van der Waals surface area contributed by atoms with E-state index in [1.165, 1.54) is 12.1 Å². The van der Waals surface area contributed by atoms with E-state index in [2.05, 4.69) is 20.2 Å². The highest BCUT2D eigenvalue weighted by Gasteiger charge is 2.10. The second-order valence-electron chi connectivity index (χ2n) is 4.00. The zero-order valence-corrected chi connectivity index (χ0v) is 9.61. The zero-order chi connectivity index (χ0) is 12.7. The van der Waals surface area contributed by atoms with E-state index in [-0.39, 0.29) is 5.82 Å². The van der Waals surface area contributed by atoms with E-state index < -0.39 is 0 Å². The first-order valence-electron chi connectivity index (χ1n) is 5.38. The van der Waals surface area contributed by atoms with E-state index in [0.29, 0.717) is 33.9 Å². The number of aromatic amines is 1. The molecule has 5 nitrogen and oxygen atoms in total. The fourth-order valence-corrected chi connectivity index (χ4v) is 1.83. The topological polar surface area (TPSA) is 80.5 Å². The molecule has 0 saturated heterocycles. The number of hydrogen-bond donors (Lipinski definition) is 2. The molecule has 0 amide bonds. The van der Waals surface area contributed by atoms with Gasteiger partial charge in [-0.3, -0.25) is 5.10 Å². The number of fused-ring (bicyclic) bond motifs is 1. The van der Waals surface area contributed by atoms with Crippen LogP contribution in [-0.4, -0.2) is 20.2 Å². The van der Waals surface area contributed by atoms with Crippen molar-refractivity contribution in [2.45, 2.75) is 6.92 Å². The normalized spacial score (nSPS) is 11.0. The first-order chi connectivity index (χ1) is 8.63. The summed E-state index contributed by atoms with van der Waals surface area (Å²) in [7, 11) is 0. The maximum Gasteiger partial charge on any atom is 0.145 e. The minimum atomic E-state index is -0.324. The molecule has 2 heterocycles. The van der Waals surface area contributed by atoms with Crippen molar-refractivity contribution in [2.24, 2.45) is 0 Å². The first kappa shape index (κ1) is 10.6. The summed E-state index contributed by atoms with van der Waals surface area (Å²) in [5.41, 5.74) is 8.77. The molecule has 3 rings (SSSR count). The number of hydrogen-bond acceptors (Lipinski definition) is 4. The van der Waals surface area contributed by atoms with Crippen molar-refractivity contribution in [3.8, 4) is 11.4 Å². The predicted molar refractivity (Wildman–Crippen MR) is 66.2 cm³/mol. The molecule has 0 fully saturated rings. The second kappa shape index (κ2) is 3.76. The van der Waals surface area contributed by atoms with E-state index in [0.717, 1.165) is 0 Å². The molecule has 0 atom stereocenters. The summed E-state index contributed by atoms with van der Waals surface area (Å²) >= 11 is 0. The third kappa shape index (κ3) is 1.67. The van der Waals surface area contributed by atoms with E-state index >= 15 is 0 Å². The smallest absolute Gasteiger partial charge is 0.145 e. The second-order valence-corrected chi connectivity index (χ2v) is 4.00. The van der Waals surface area contributed by atoms with Crippen molar-refractivity contribution in [1.29, 1.82) is 0 Å². The van der Waals surface area contributed by atoms with Crippen LogP contribution >= 0.6 is 0 Å². The number of aryl methyl sites for hydroxylation is 1. The minimum absolute atomic E-state index is 0.324. The van der Waals surface area contributed by atoms with Crippen molar-refractivity contribution in [1.82, 2.24) is 20.2 Å². The number of nitrogen functional groups attached to an aromatic ring is 1. The molecule has 0 spiro atoms. The lowest BCUT2D eigenvalue weighted by molar-refractivity contribution is 0.629. The Morgan fingerprint density at radius 2 is 2.00 bits per heavy atom. The van der Waals surface area contributed by atoms with Gasteiger partial charge in [-0.25, -0.2) is 14.4 Å². The molecule has 1 aromatic carbocycles. The fourth-order valence-electron chi connectivity index (χ4n) is 1.83. The Kier molecular flexibility index (Phi) is 2.22. The summed E-state index contributed by atoms with van der Waals surface area (Å²) in [6.07, 6.45) is 0. The summed E-state index contributed by atoms with van der Waals surface area (Å²) in [5, 5.41) is 6.64. The molecular formula is C12H10FN5. The van der Waals surface area contributed by atoms with Crippen LogP contribution in [0.5, 0.6) is 0 Å². The van der Waals surface area contributed by atoms with Gasteiger partial charge in [0, 0.05) is 12.1 Å². The highest BCUT2D eigenvalue weighted by atomic mass is 19.1. The Balaban J connectivity index is 2.24. The van der Waals surface area contributed by atoms with Gasteiger partial charge in [-0.05, 0) is 19.1 Å². The SMILES string of the molecule is Cc1nc2cc(F)ccc2nc1-c1cc(N)n[nH]1. The van der Waals surface area contributed by atoms with E-state index in [9.17, 15) is 4.39 Å². The Hall–Kier alpha value is -2.50. The monoisotopic (exact) mass is 243 g/mol. The molecule has 6 heteroatoms. The van der Waals surface area contributed by atoms with Gasteiger partial charge in [0.25, 0.3) is 0 Å². The minimum Gasteiger partial charge on any atom is -0.382 e. The van der Waals surface area contributed by atoms with Crippen LogP contribution in [0.3, 0.4) is 0 Å². The van der Waals surface area contributed by atoms with Crippen LogP contribution in [0.4, 0.5) is 10.2 Å². The number of nitrogens with zero attached hydrogens (tertiary/aromatic N) is 3. The number of halogens is 1. The average Bonchev–Trinajstić information content (AvgIpc) is 2.74. The number of nitrogens with one attached hydrogen (secondary N) is 1. The first-order valence-corrected chi connectivity index (χ1v) is 5.38. The molecule has 0 aliphatic rings. The zero-order valence-electron chi connectivity index (χ0n) is 9.61. The molecule has 3 N–H and O–H groups in total. The molecule has 0 radical (unpaired) electrons. The lowest BCUT2D eigenvalue weighted by Gasteiger charge is -2.04. The van der Waals surface area contributed by atoms with Gasteiger partial charge < -0.3 is 5.73 Å². The van der Waals surface area contributed by atoms with Gasteiger partial charge in [-0.1, -0.05) is 0 Å². The molecule has 3 aromatic rings. The van der Waals surface area contributed by atoms with Crippen molar-refractivity contribution in [3.05, 3.63) is 35.8 Å². The number of rotatable bonds is 1. The summed E-state index contributed by atoms with van der Waals surface area (Å²) in [6, 6.07) is 6.00. The summed E-state index contributed by atoms with van der Waals surface area (Å²) in [5.74, 6) is 0.0696. The van der Waals surface area contributed by atoms with Crippen LogP contribution in [-0.2, 0) is 0 Å². The highest BCUT2D eigenvalue weighted by molar-refractivity contribution is 5.78. The van der Waals surface area contributed by atoms with Gasteiger partial charge in [0.2, 0.25) is 0 Å². The summed E-state index contributed by atoms with van der Waals surface area (Å²) in [4.78, 5) is 8.77. The summed E-state index contributed by atoms with van der Waals surface area (Å²) < 4.78 is 13.1. The number of H-pyrrole nitrogens is 1. The Labute approximate surface area is 102 Å². The van der Waals surface area contributed by atoms with Crippen molar-refractivity contribution < 1.29 is 4.39 Å². The van der Waals surface area contributed by atoms with E-state index in [1.54, 1.807) is 12.1 Å². The van der Waals surface area contributed by atoms with Gasteiger partial charge in [0.05, 0.1) is 22.4 Å².